The number of allylic oxidation sites excluding steroid dienone is 1. The maximum Gasteiger partial charge on any atom is 0.310 e. The van der Waals surface area contributed by atoms with Gasteiger partial charge in [0, 0.05) is 11.3 Å². The van der Waals surface area contributed by atoms with Crippen molar-refractivity contribution in [2.24, 2.45) is 17.3 Å². The molecule has 2 aromatic carbocycles. The highest BCUT2D eigenvalue weighted by molar-refractivity contribution is 7.94. The number of benzene rings is 2. The van der Waals surface area contributed by atoms with Crippen LogP contribution >= 0.6 is 0 Å². The molecule has 0 N–H and O–H groups in total. The van der Waals surface area contributed by atoms with Crippen LogP contribution in [0.2, 0.25) is 0 Å². The zero-order valence-corrected chi connectivity index (χ0v) is 20.0. The van der Waals surface area contributed by atoms with E-state index in [1.54, 1.807) is 42.5 Å². The van der Waals surface area contributed by atoms with Crippen LogP contribution in [0.5, 0.6) is 5.75 Å². The Morgan fingerprint density at radius 1 is 1.09 bits per heavy atom. The van der Waals surface area contributed by atoms with Crippen LogP contribution in [-0.4, -0.2) is 27.1 Å². The number of carbonyl (C=O) groups excluding carboxylic acids is 1. The normalized spacial score (nSPS) is 23.5. The van der Waals surface area contributed by atoms with E-state index < -0.39 is 9.84 Å². The second-order valence-corrected chi connectivity index (χ2v) is 11.3. The largest absolute Gasteiger partial charge is 0.490 e. The number of carbonyl (C=O) groups is 1. The quantitative estimate of drug-likeness (QED) is 0.398. The Labute approximate surface area is 196 Å². The number of fused-ring (bicyclic) bond motifs is 1. The van der Waals surface area contributed by atoms with E-state index in [-0.39, 0.29) is 35.4 Å². The molecule has 0 aromatic heterocycles. The number of hydrogen-bond acceptors (Lipinski definition) is 5. The van der Waals surface area contributed by atoms with Gasteiger partial charge in [0.2, 0.25) is 0 Å². The topological polar surface area (TPSA) is 69.7 Å². The fourth-order valence-electron chi connectivity index (χ4n) is 4.96. The molecule has 0 spiro atoms. The third kappa shape index (κ3) is 5.06. The monoisotopic (exact) mass is 466 g/mol. The van der Waals surface area contributed by atoms with Crippen molar-refractivity contribution in [2.75, 3.05) is 6.61 Å². The minimum atomic E-state index is -3.48. The van der Waals surface area contributed by atoms with Gasteiger partial charge in [-0.05, 0) is 66.7 Å². The summed E-state index contributed by atoms with van der Waals surface area (Å²) in [5.41, 5.74) is 2.36. The zero-order chi connectivity index (χ0) is 23.6. The fourth-order valence-corrected chi connectivity index (χ4v) is 5.99. The van der Waals surface area contributed by atoms with Crippen LogP contribution in [-0.2, 0) is 25.8 Å². The van der Waals surface area contributed by atoms with Crippen molar-refractivity contribution in [3.05, 3.63) is 83.3 Å². The SMILES string of the molecule is CC1=C[C@@H](OC(=O)Cc2ccc(OC/C=C/S(=O)(=O)c3ccccc3)cc2)C2C[C@H]1C2(C)C. The molecule has 2 bridgehead atoms. The summed E-state index contributed by atoms with van der Waals surface area (Å²) < 4.78 is 35.9. The minimum Gasteiger partial charge on any atom is -0.490 e. The van der Waals surface area contributed by atoms with E-state index in [1.807, 2.05) is 12.1 Å². The van der Waals surface area contributed by atoms with Crippen LogP contribution in [0.3, 0.4) is 0 Å². The molecule has 3 aliphatic rings. The first kappa shape index (κ1) is 23.3. The molecular formula is C27H30O5S. The maximum atomic E-state index is 12.5. The predicted octanol–water partition coefficient (Wildman–Crippen LogP) is 5.13. The van der Waals surface area contributed by atoms with Gasteiger partial charge in [0.1, 0.15) is 18.5 Å². The van der Waals surface area contributed by atoms with Gasteiger partial charge in [0.15, 0.2) is 9.84 Å². The lowest BCUT2D eigenvalue weighted by Crippen LogP contribution is -2.54. The fraction of sp³-hybridized carbons (Fsp3) is 0.370. The molecule has 33 heavy (non-hydrogen) atoms. The third-order valence-electron chi connectivity index (χ3n) is 6.95. The third-order valence-corrected chi connectivity index (χ3v) is 8.43. The van der Waals surface area contributed by atoms with E-state index in [4.69, 9.17) is 9.47 Å². The lowest BCUT2D eigenvalue weighted by Gasteiger charge is -2.58. The Bertz CT molecular complexity index is 1160. The average Bonchev–Trinajstić information content (AvgIpc) is 2.77. The van der Waals surface area contributed by atoms with Gasteiger partial charge in [0.25, 0.3) is 0 Å². The van der Waals surface area contributed by atoms with Crippen LogP contribution in [0.25, 0.3) is 0 Å². The summed E-state index contributed by atoms with van der Waals surface area (Å²) in [6.07, 6.45) is 4.75. The molecule has 6 heteroatoms. The maximum absolute atomic E-state index is 12.5. The first-order valence-corrected chi connectivity index (χ1v) is 12.8. The molecule has 5 rings (SSSR count). The second kappa shape index (κ2) is 9.18. The Morgan fingerprint density at radius 3 is 2.42 bits per heavy atom. The summed E-state index contributed by atoms with van der Waals surface area (Å²) in [5.74, 6) is 1.37. The Kier molecular flexibility index (Phi) is 6.48. The standard InChI is InChI=1S/C27H30O5S/c1-19-16-25(24-18-23(19)27(24,2)3)32-26(28)17-20-10-12-21(13-11-20)31-14-7-15-33(29,30)22-8-5-4-6-9-22/h4-13,15-16,23-25H,14,17-18H2,1-3H3/b15-7+/t23-,24?,25-/m1/s1. The van der Waals surface area contributed by atoms with Gasteiger partial charge in [-0.25, -0.2) is 8.42 Å². The number of sulfone groups is 1. The van der Waals surface area contributed by atoms with Gasteiger partial charge in [-0.15, -0.1) is 0 Å². The van der Waals surface area contributed by atoms with E-state index in [0.29, 0.717) is 17.6 Å². The van der Waals surface area contributed by atoms with Crippen molar-refractivity contribution in [3.63, 3.8) is 0 Å². The smallest absolute Gasteiger partial charge is 0.310 e. The summed E-state index contributed by atoms with van der Waals surface area (Å²) in [4.78, 5) is 12.8. The van der Waals surface area contributed by atoms with Gasteiger partial charge in [0.05, 0.1) is 11.3 Å². The zero-order valence-electron chi connectivity index (χ0n) is 19.2. The van der Waals surface area contributed by atoms with Crippen molar-refractivity contribution in [1.29, 1.82) is 0 Å². The van der Waals surface area contributed by atoms with Crippen LogP contribution in [0.15, 0.2) is 82.6 Å². The van der Waals surface area contributed by atoms with E-state index in [1.165, 1.54) is 11.6 Å². The summed E-state index contributed by atoms with van der Waals surface area (Å²) >= 11 is 0. The highest BCUT2D eigenvalue weighted by Crippen LogP contribution is 2.59. The minimum absolute atomic E-state index is 0.124. The van der Waals surface area contributed by atoms with Gasteiger partial charge in [-0.3, -0.25) is 4.79 Å². The molecule has 5 nitrogen and oxygen atoms in total. The van der Waals surface area contributed by atoms with E-state index in [0.717, 1.165) is 17.4 Å². The summed E-state index contributed by atoms with van der Waals surface area (Å²) in [5, 5.41) is 1.15. The predicted molar refractivity (Wildman–Crippen MR) is 127 cm³/mol. The highest BCUT2D eigenvalue weighted by Gasteiger charge is 2.55. The van der Waals surface area contributed by atoms with Crippen LogP contribution in [0.1, 0.15) is 32.8 Å². The molecule has 1 unspecified atom stereocenters. The Morgan fingerprint density at radius 2 is 1.79 bits per heavy atom. The number of ether oxygens (including phenoxy) is 2. The number of hydrogen-bond donors (Lipinski definition) is 0. The lowest BCUT2D eigenvalue weighted by molar-refractivity contribution is -0.160. The molecule has 0 aliphatic heterocycles. The summed E-state index contributed by atoms with van der Waals surface area (Å²) in [7, 11) is -3.48. The molecule has 0 heterocycles. The molecule has 3 atom stereocenters. The first-order chi connectivity index (χ1) is 15.7. The van der Waals surface area contributed by atoms with Crippen molar-refractivity contribution in [1.82, 2.24) is 0 Å². The van der Waals surface area contributed by atoms with Gasteiger partial charge in [-0.1, -0.05) is 49.8 Å². The average molecular weight is 467 g/mol. The van der Waals surface area contributed by atoms with Crippen LogP contribution < -0.4 is 4.74 Å². The molecular weight excluding hydrogens is 436 g/mol. The molecule has 2 aromatic rings. The molecule has 1 saturated carbocycles. The Balaban J connectivity index is 1.26. The van der Waals surface area contributed by atoms with Crippen molar-refractivity contribution >= 4 is 15.8 Å². The highest BCUT2D eigenvalue weighted by atomic mass is 32.2. The van der Waals surface area contributed by atoms with E-state index in [9.17, 15) is 13.2 Å². The van der Waals surface area contributed by atoms with Crippen molar-refractivity contribution in [3.8, 4) is 5.75 Å². The van der Waals surface area contributed by atoms with E-state index >= 15 is 0 Å². The van der Waals surface area contributed by atoms with Crippen molar-refractivity contribution in [2.45, 2.75) is 44.6 Å². The van der Waals surface area contributed by atoms with Gasteiger partial charge < -0.3 is 9.47 Å². The molecule has 174 valence electrons. The number of rotatable bonds is 8. The molecule has 0 amide bonds. The molecule has 1 fully saturated rings. The van der Waals surface area contributed by atoms with Crippen LogP contribution in [0, 0.1) is 17.3 Å². The van der Waals surface area contributed by atoms with Gasteiger partial charge in [-0.2, -0.15) is 0 Å². The van der Waals surface area contributed by atoms with Gasteiger partial charge >= 0.3 is 5.97 Å². The summed E-state index contributed by atoms with van der Waals surface area (Å²) in [6.45, 7) is 6.77. The van der Waals surface area contributed by atoms with Crippen LogP contribution in [0.4, 0.5) is 0 Å². The van der Waals surface area contributed by atoms with E-state index in [2.05, 4.69) is 26.8 Å². The first-order valence-electron chi connectivity index (χ1n) is 11.2. The molecule has 0 saturated heterocycles. The van der Waals surface area contributed by atoms with Crippen molar-refractivity contribution < 1.29 is 22.7 Å². The second-order valence-electron chi connectivity index (χ2n) is 9.44. The summed E-state index contributed by atoms with van der Waals surface area (Å²) in [6, 6.07) is 15.4. The molecule has 3 aliphatic carbocycles. The molecule has 0 radical (unpaired) electrons. The lowest BCUT2D eigenvalue weighted by atomic mass is 9.48. The Hall–Kier alpha value is -2.86. The number of esters is 1.